The molecule has 1 aromatic rings. The summed E-state index contributed by atoms with van der Waals surface area (Å²) in [5.41, 5.74) is 1.20. The van der Waals surface area contributed by atoms with Crippen molar-refractivity contribution in [1.82, 2.24) is 10.2 Å². The van der Waals surface area contributed by atoms with E-state index in [2.05, 4.69) is 10.6 Å². The standard InChI is InChI=1S/C14H15N3O3/c18-12-10-5-4-9(8-11(10)13(19)16-12)15-14(20)17-6-2-1-3-7-17/h4-5,8H,1-3,6-7H2,(H,15,20)(H,16,18,19). The lowest BCUT2D eigenvalue weighted by Crippen LogP contribution is -2.38. The van der Waals surface area contributed by atoms with E-state index >= 15 is 0 Å². The Morgan fingerprint density at radius 3 is 2.50 bits per heavy atom. The zero-order valence-electron chi connectivity index (χ0n) is 10.9. The van der Waals surface area contributed by atoms with Crippen LogP contribution >= 0.6 is 0 Å². The highest BCUT2D eigenvalue weighted by Gasteiger charge is 2.27. The molecule has 1 saturated heterocycles. The zero-order valence-corrected chi connectivity index (χ0v) is 10.9. The molecule has 0 unspecified atom stereocenters. The second kappa shape index (κ2) is 4.96. The smallest absolute Gasteiger partial charge is 0.321 e. The topological polar surface area (TPSA) is 78.5 Å². The third-order valence-corrected chi connectivity index (χ3v) is 3.63. The van der Waals surface area contributed by atoms with E-state index in [0.717, 1.165) is 32.4 Å². The monoisotopic (exact) mass is 273 g/mol. The van der Waals surface area contributed by atoms with Crippen LogP contribution in [-0.2, 0) is 0 Å². The number of anilines is 1. The van der Waals surface area contributed by atoms with Crippen molar-refractivity contribution < 1.29 is 14.4 Å². The summed E-state index contributed by atoms with van der Waals surface area (Å²) in [4.78, 5) is 36.8. The highest BCUT2D eigenvalue weighted by molar-refractivity contribution is 6.22. The van der Waals surface area contributed by atoms with Crippen molar-refractivity contribution in [3.8, 4) is 0 Å². The third-order valence-electron chi connectivity index (χ3n) is 3.63. The van der Waals surface area contributed by atoms with Crippen molar-refractivity contribution in [1.29, 1.82) is 0 Å². The lowest BCUT2D eigenvalue weighted by molar-refractivity contribution is 0.0879. The summed E-state index contributed by atoms with van der Waals surface area (Å²) in [6.07, 6.45) is 3.20. The van der Waals surface area contributed by atoms with Crippen LogP contribution < -0.4 is 10.6 Å². The molecule has 2 aliphatic rings. The number of likely N-dealkylation sites (tertiary alicyclic amines) is 1. The molecule has 3 rings (SSSR count). The van der Waals surface area contributed by atoms with E-state index in [1.54, 1.807) is 17.0 Å². The lowest BCUT2D eigenvalue weighted by atomic mass is 10.1. The van der Waals surface area contributed by atoms with E-state index in [4.69, 9.17) is 0 Å². The van der Waals surface area contributed by atoms with E-state index in [9.17, 15) is 14.4 Å². The first-order chi connectivity index (χ1) is 9.65. The lowest BCUT2D eigenvalue weighted by Gasteiger charge is -2.26. The molecule has 0 saturated carbocycles. The van der Waals surface area contributed by atoms with Crippen LogP contribution in [0.5, 0.6) is 0 Å². The molecule has 2 N–H and O–H groups in total. The Morgan fingerprint density at radius 2 is 1.75 bits per heavy atom. The summed E-state index contributed by atoms with van der Waals surface area (Å²) < 4.78 is 0. The average molecular weight is 273 g/mol. The number of fused-ring (bicyclic) bond motifs is 1. The van der Waals surface area contributed by atoms with Crippen LogP contribution in [-0.4, -0.2) is 35.8 Å². The predicted molar refractivity (Wildman–Crippen MR) is 72.7 cm³/mol. The van der Waals surface area contributed by atoms with E-state index in [1.165, 1.54) is 6.07 Å². The molecular weight excluding hydrogens is 258 g/mol. The number of piperidine rings is 1. The molecule has 0 aliphatic carbocycles. The number of carbonyl (C=O) groups is 3. The summed E-state index contributed by atoms with van der Waals surface area (Å²) in [6, 6.07) is 4.58. The Labute approximate surface area is 116 Å². The van der Waals surface area contributed by atoms with Gasteiger partial charge in [-0.25, -0.2) is 4.79 Å². The summed E-state index contributed by atoms with van der Waals surface area (Å²) in [5, 5.41) is 5.00. The van der Waals surface area contributed by atoms with Gasteiger partial charge >= 0.3 is 6.03 Å². The van der Waals surface area contributed by atoms with Crippen LogP contribution in [0.2, 0.25) is 0 Å². The molecule has 0 radical (unpaired) electrons. The van der Waals surface area contributed by atoms with E-state index in [1.807, 2.05) is 0 Å². The molecule has 6 heteroatoms. The van der Waals surface area contributed by atoms with Crippen molar-refractivity contribution in [2.45, 2.75) is 19.3 Å². The number of hydrogen-bond donors (Lipinski definition) is 2. The van der Waals surface area contributed by atoms with Gasteiger partial charge in [0.2, 0.25) is 0 Å². The highest BCUT2D eigenvalue weighted by Crippen LogP contribution is 2.21. The summed E-state index contributed by atoms with van der Waals surface area (Å²) in [7, 11) is 0. The highest BCUT2D eigenvalue weighted by atomic mass is 16.2. The first-order valence-corrected chi connectivity index (χ1v) is 6.71. The first kappa shape index (κ1) is 12.7. The second-order valence-corrected chi connectivity index (χ2v) is 5.02. The number of imide groups is 1. The van der Waals surface area contributed by atoms with E-state index in [0.29, 0.717) is 16.8 Å². The number of hydrogen-bond acceptors (Lipinski definition) is 3. The Morgan fingerprint density at radius 1 is 1.05 bits per heavy atom. The van der Waals surface area contributed by atoms with Crippen LogP contribution in [0.25, 0.3) is 0 Å². The number of amides is 4. The molecule has 6 nitrogen and oxygen atoms in total. The molecule has 20 heavy (non-hydrogen) atoms. The fourth-order valence-electron chi connectivity index (χ4n) is 2.55. The van der Waals surface area contributed by atoms with E-state index in [-0.39, 0.29) is 11.9 Å². The number of nitrogens with zero attached hydrogens (tertiary/aromatic N) is 1. The van der Waals surface area contributed by atoms with Crippen LogP contribution in [0.3, 0.4) is 0 Å². The molecule has 1 fully saturated rings. The van der Waals surface area contributed by atoms with Crippen molar-refractivity contribution in [3.05, 3.63) is 29.3 Å². The van der Waals surface area contributed by atoms with Gasteiger partial charge in [-0.1, -0.05) is 0 Å². The molecule has 1 aromatic carbocycles. The number of carbonyl (C=O) groups excluding carboxylic acids is 3. The third kappa shape index (κ3) is 2.24. The maximum atomic E-state index is 12.1. The van der Waals surface area contributed by atoms with Crippen molar-refractivity contribution in [3.63, 3.8) is 0 Å². The first-order valence-electron chi connectivity index (χ1n) is 6.71. The van der Waals surface area contributed by atoms with Gasteiger partial charge in [-0.2, -0.15) is 0 Å². The normalized spacial score (nSPS) is 17.7. The molecular formula is C14H15N3O3. The zero-order chi connectivity index (χ0) is 14.1. The summed E-state index contributed by atoms with van der Waals surface area (Å²) in [5.74, 6) is -0.807. The Hall–Kier alpha value is -2.37. The van der Waals surface area contributed by atoms with Gasteiger partial charge in [0.05, 0.1) is 11.1 Å². The van der Waals surface area contributed by atoms with Gasteiger partial charge in [-0.3, -0.25) is 14.9 Å². The van der Waals surface area contributed by atoms with Gasteiger partial charge < -0.3 is 10.2 Å². The quantitative estimate of drug-likeness (QED) is 0.763. The molecule has 0 aromatic heterocycles. The second-order valence-electron chi connectivity index (χ2n) is 5.02. The Bertz CT molecular complexity index is 591. The Balaban J connectivity index is 1.75. The SMILES string of the molecule is O=C1NC(=O)c2cc(NC(=O)N3CCCCC3)ccc21. The minimum absolute atomic E-state index is 0.158. The van der Waals surface area contributed by atoms with Crippen molar-refractivity contribution in [2.75, 3.05) is 18.4 Å². The molecule has 2 aliphatic heterocycles. The summed E-state index contributed by atoms with van der Waals surface area (Å²) in [6.45, 7) is 1.52. The van der Waals surface area contributed by atoms with Crippen LogP contribution in [0, 0.1) is 0 Å². The molecule has 0 bridgehead atoms. The number of nitrogens with one attached hydrogen (secondary N) is 2. The van der Waals surface area contributed by atoms with Crippen molar-refractivity contribution >= 4 is 23.5 Å². The van der Waals surface area contributed by atoms with Gasteiger partial charge in [0, 0.05) is 18.8 Å². The minimum atomic E-state index is -0.418. The van der Waals surface area contributed by atoms with Gasteiger partial charge in [0.1, 0.15) is 0 Å². The summed E-state index contributed by atoms with van der Waals surface area (Å²) >= 11 is 0. The number of urea groups is 1. The fraction of sp³-hybridized carbons (Fsp3) is 0.357. The van der Waals surface area contributed by atoms with Crippen molar-refractivity contribution in [2.24, 2.45) is 0 Å². The number of benzene rings is 1. The molecule has 104 valence electrons. The average Bonchev–Trinajstić information content (AvgIpc) is 2.75. The minimum Gasteiger partial charge on any atom is -0.325 e. The van der Waals surface area contributed by atoms with Gasteiger partial charge in [-0.15, -0.1) is 0 Å². The molecule has 2 heterocycles. The molecule has 0 spiro atoms. The largest absolute Gasteiger partial charge is 0.325 e. The molecule has 4 amide bonds. The Kier molecular flexibility index (Phi) is 3.14. The van der Waals surface area contributed by atoms with Gasteiger partial charge in [-0.05, 0) is 37.5 Å². The van der Waals surface area contributed by atoms with Crippen LogP contribution in [0.1, 0.15) is 40.0 Å². The molecule has 0 atom stereocenters. The van der Waals surface area contributed by atoms with Gasteiger partial charge in [0.25, 0.3) is 11.8 Å². The predicted octanol–water partition coefficient (Wildman–Crippen LogP) is 1.59. The van der Waals surface area contributed by atoms with E-state index < -0.39 is 5.91 Å². The van der Waals surface area contributed by atoms with Crippen LogP contribution in [0.4, 0.5) is 10.5 Å². The fourth-order valence-corrected chi connectivity index (χ4v) is 2.55. The number of rotatable bonds is 1. The maximum absolute atomic E-state index is 12.1. The maximum Gasteiger partial charge on any atom is 0.321 e. The van der Waals surface area contributed by atoms with Crippen LogP contribution in [0.15, 0.2) is 18.2 Å². The van der Waals surface area contributed by atoms with Gasteiger partial charge in [0.15, 0.2) is 0 Å².